The van der Waals surface area contributed by atoms with Gasteiger partial charge >= 0.3 is 6.18 Å². The molecule has 1 aliphatic rings. The number of fused-ring (bicyclic) bond motifs is 5. The van der Waals surface area contributed by atoms with Crippen LogP contribution in [-0.4, -0.2) is 17.1 Å². The molecule has 0 N–H and O–H groups in total. The maximum atomic E-state index is 10.9. The minimum Gasteiger partial charge on any atom is -0.542 e. The van der Waals surface area contributed by atoms with Gasteiger partial charge in [-0.2, -0.15) is 17.7 Å². The topological polar surface area (TPSA) is 87.1 Å². The Morgan fingerprint density at radius 1 is 0.912 bits per heavy atom. The number of benzene rings is 3. The number of non-ortho nitro benzene ring substituents is 1. The zero-order chi connectivity index (χ0) is 24.5. The fraction of sp³-hybridized carbons (Fsp3) is 0.0400. The van der Waals surface area contributed by atoms with Crippen LogP contribution >= 0.6 is 0 Å². The van der Waals surface area contributed by atoms with E-state index in [2.05, 4.69) is 53.2 Å². The maximum absolute atomic E-state index is 10.9. The van der Waals surface area contributed by atoms with Crippen molar-refractivity contribution in [2.45, 2.75) is 6.18 Å². The molecule has 5 rings (SSSR count). The van der Waals surface area contributed by atoms with Gasteiger partial charge in [0, 0.05) is 24.3 Å². The fourth-order valence-electron chi connectivity index (χ4n) is 3.74. The van der Waals surface area contributed by atoms with Crippen LogP contribution in [0, 0.1) is 10.1 Å². The first-order chi connectivity index (χ1) is 16.2. The van der Waals surface area contributed by atoms with Gasteiger partial charge in [0.1, 0.15) is 5.97 Å². The summed E-state index contributed by atoms with van der Waals surface area (Å²) in [6.45, 7) is 0. The standard InChI is InChI=1S/C23H15N2O2.C2HF3O2/c26-25(27)18-11-9-16(10-12-18)15-21-20-7-3-4-8-22(20)24-14-13-17-5-1-2-6-19(17)23(21)24;3-2(4,5)1(6)7/h1-15H;(H,6,7)/q+1;/p-1. The molecule has 6 nitrogen and oxygen atoms in total. The third-order valence-electron chi connectivity index (χ3n) is 5.22. The average molecular weight is 464 g/mol. The predicted octanol–water partition coefficient (Wildman–Crippen LogP) is 4.23. The maximum Gasteiger partial charge on any atom is 0.430 e. The van der Waals surface area contributed by atoms with E-state index in [4.69, 9.17) is 9.90 Å². The number of hydrogen-bond acceptors (Lipinski definition) is 4. The third-order valence-corrected chi connectivity index (χ3v) is 5.22. The number of pyridine rings is 1. The van der Waals surface area contributed by atoms with Crippen molar-refractivity contribution >= 4 is 34.1 Å². The first-order valence-electron chi connectivity index (χ1n) is 9.94. The number of aromatic nitrogens is 1. The number of nitrogens with zero attached hydrogens (tertiary/aromatic N) is 2. The van der Waals surface area contributed by atoms with Crippen molar-refractivity contribution in [1.29, 1.82) is 0 Å². The normalized spacial score (nSPS) is 13.1. The molecule has 1 aromatic heterocycles. The van der Waals surface area contributed by atoms with Gasteiger partial charge in [0.2, 0.25) is 11.4 Å². The summed E-state index contributed by atoms with van der Waals surface area (Å²) in [5, 5.41) is 22.1. The van der Waals surface area contributed by atoms with Crippen molar-refractivity contribution in [3.63, 3.8) is 0 Å². The van der Waals surface area contributed by atoms with Crippen LogP contribution in [0.3, 0.4) is 0 Å². The summed E-state index contributed by atoms with van der Waals surface area (Å²) in [7, 11) is 0. The number of nitro benzene ring substituents is 1. The highest BCUT2D eigenvalue weighted by Gasteiger charge is 2.33. The Bertz CT molecular complexity index is 1450. The van der Waals surface area contributed by atoms with E-state index in [9.17, 15) is 23.3 Å². The van der Waals surface area contributed by atoms with Crippen LogP contribution < -0.4 is 9.67 Å². The van der Waals surface area contributed by atoms with E-state index in [0.717, 1.165) is 28.1 Å². The second kappa shape index (κ2) is 8.78. The smallest absolute Gasteiger partial charge is 0.430 e. The largest absolute Gasteiger partial charge is 0.542 e. The monoisotopic (exact) mass is 464 g/mol. The van der Waals surface area contributed by atoms with Crippen LogP contribution in [-0.2, 0) is 4.79 Å². The number of aliphatic carboxylic acids is 1. The van der Waals surface area contributed by atoms with Crippen LogP contribution in [0.1, 0.15) is 16.8 Å². The molecule has 0 atom stereocenters. The molecular formula is C25H15F3N2O4. The quantitative estimate of drug-likeness (QED) is 0.222. The molecule has 0 bridgehead atoms. The molecule has 4 aromatic rings. The Labute approximate surface area is 191 Å². The Morgan fingerprint density at radius 2 is 1.53 bits per heavy atom. The molecule has 2 heterocycles. The van der Waals surface area contributed by atoms with Crippen molar-refractivity contribution < 1.29 is 32.6 Å². The lowest BCUT2D eigenvalue weighted by Crippen LogP contribution is -2.37. The summed E-state index contributed by atoms with van der Waals surface area (Å²) in [5.74, 6) is -3.01. The van der Waals surface area contributed by atoms with Crippen LogP contribution in [0.2, 0.25) is 0 Å². The van der Waals surface area contributed by atoms with E-state index in [0.29, 0.717) is 0 Å². The summed E-state index contributed by atoms with van der Waals surface area (Å²) in [5.41, 5.74) is 5.61. The van der Waals surface area contributed by atoms with Gasteiger partial charge in [-0.05, 0) is 41.3 Å². The first kappa shape index (κ1) is 22.7. The van der Waals surface area contributed by atoms with Gasteiger partial charge in [-0.25, -0.2) is 0 Å². The predicted molar refractivity (Wildman–Crippen MR) is 117 cm³/mol. The number of carbonyl (C=O) groups excluding carboxylic acids is 1. The van der Waals surface area contributed by atoms with Crippen LogP contribution in [0.15, 0.2) is 85.1 Å². The molecule has 0 amide bonds. The molecule has 0 aliphatic carbocycles. The van der Waals surface area contributed by atoms with Crippen LogP contribution in [0.4, 0.5) is 18.9 Å². The van der Waals surface area contributed by atoms with Gasteiger partial charge in [-0.3, -0.25) is 10.1 Å². The van der Waals surface area contributed by atoms with E-state index >= 15 is 0 Å². The highest BCUT2D eigenvalue weighted by molar-refractivity contribution is 6.02. The van der Waals surface area contributed by atoms with Gasteiger partial charge in [0.25, 0.3) is 5.69 Å². The van der Waals surface area contributed by atoms with Crippen molar-refractivity contribution in [3.8, 4) is 5.69 Å². The average Bonchev–Trinajstić information content (AvgIpc) is 3.13. The SMILES string of the molecule is O=C([O-])C(F)(F)F.O=[N+]([O-])c1ccc(C=C2c3ccccc3-[n+]3ccc4ccccc4c32)cc1. The number of carboxylic acid groups (broad SMARTS) is 1. The second-order valence-electron chi connectivity index (χ2n) is 7.33. The number of rotatable bonds is 2. The molecule has 0 radical (unpaired) electrons. The van der Waals surface area contributed by atoms with Crippen molar-refractivity contribution in [3.05, 3.63) is 112 Å². The zero-order valence-electron chi connectivity index (χ0n) is 17.3. The molecule has 0 spiro atoms. The van der Waals surface area contributed by atoms with Gasteiger partial charge in [-0.1, -0.05) is 30.3 Å². The van der Waals surface area contributed by atoms with E-state index in [-0.39, 0.29) is 10.6 Å². The number of nitro groups is 1. The van der Waals surface area contributed by atoms with E-state index in [1.807, 2.05) is 18.2 Å². The van der Waals surface area contributed by atoms with Crippen molar-refractivity contribution in [1.82, 2.24) is 0 Å². The Morgan fingerprint density at radius 3 is 2.18 bits per heavy atom. The number of carbonyl (C=O) groups is 1. The van der Waals surface area contributed by atoms with Gasteiger partial charge < -0.3 is 9.90 Å². The summed E-state index contributed by atoms with van der Waals surface area (Å²) in [4.78, 5) is 19.3. The van der Waals surface area contributed by atoms with Crippen molar-refractivity contribution in [2.75, 3.05) is 0 Å². The highest BCUT2D eigenvalue weighted by atomic mass is 19.4. The van der Waals surface area contributed by atoms with Crippen molar-refractivity contribution in [2.24, 2.45) is 0 Å². The Kier molecular flexibility index (Phi) is 5.85. The Hall–Kier alpha value is -4.53. The zero-order valence-corrected chi connectivity index (χ0v) is 17.3. The lowest BCUT2D eigenvalue weighted by Gasteiger charge is -2.03. The first-order valence-corrected chi connectivity index (χ1v) is 9.94. The van der Waals surface area contributed by atoms with Crippen LogP contribution in [0.25, 0.3) is 28.1 Å². The van der Waals surface area contributed by atoms with Crippen LogP contribution in [0.5, 0.6) is 0 Å². The van der Waals surface area contributed by atoms with E-state index in [1.165, 1.54) is 10.8 Å². The molecule has 3 aromatic carbocycles. The number of para-hydroxylation sites is 1. The molecule has 1 aliphatic heterocycles. The molecule has 9 heteroatoms. The minimum atomic E-state index is -5.19. The molecule has 0 saturated carbocycles. The third kappa shape index (κ3) is 4.36. The summed E-state index contributed by atoms with van der Waals surface area (Å²) >= 11 is 0. The highest BCUT2D eigenvalue weighted by Crippen LogP contribution is 2.36. The molecule has 0 fully saturated rings. The van der Waals surface area contributed by atoms with E-state index in [1.54, 1.807) is 24.3 Å². The van der Waals surface area contributed by atoms with Gasteiger partial charge in [-0.15, -0.1) is 0 Å². The fourth-order valence-corrected chi connectivity index (χ4v) is 3.74. The van der Waals surface area contributed by atoms with E-state index < -0.39 is 12.1 Å². The number of alkyl halides is 3. The molecule has 170 valence electrons. The second-order valence-corrected chi connectivity index (χ2v) is 7.33. The molecular weight excluding hydrogens is 449 g/mol. The van der Waals surface area contributed by atoms with Gasteiger partial charge in [0.15, 0.2) is 6.20 Å². The number of carboxylic acids is 1. The minimum absolute atomic E-state index is 0.101. The lowest BCUT2D eigenvalue weighted by atomic mass is 9.98. The molecule has 34 heavy (non-hydrogen) atoms. The number of halogens is 3. The summed E-state index contributed by atoms with van der Waals surface area (Å²) in [6.07, 6.45) is -0.985. The Balaban J connectivity index is 0.000000344. The van der Waals surface area contributed by atoms with Gasteiger partial charge in [0.05, 0.1) is 21.4 Å². The summed E-state index contributed by atoms with van der Waals surface area (Å²) in [6, 6.07) is 25.5. The molecule has 0 unspecified atom stereocenters. The molecule has 0 saturated heterocycles. The lowest BCUT2D eigenvalue weighted by molar-refractivity contribution is -0.592. The number of hydrogen-bond donors (Lipinski definition) is 0. The summed E-state index contributed by atoms with van der Waals surface area (Å²) < 4.78 is 33.8.